The van der Waals surface area contributed by atoms with Gasteiger partial charge in [-0.2, -0.15) is 0 Å². The highest BCUT2D eigenvalue weighted by Crippen LogP contribution is 2.19. The molecule has 5 heteroatoms. The van der Waals surface area contributed by atoms with E-state index in [0.717, 1.165) is 17.5 Å². The second kappa shape index (κ2) is 6.42. The zero-order valence-corrected chi connectivity index (χ0v) is 13.6. The molecule has 2 aromatic rings. The maximum atomic E-state index is 12.3. The van der Waals surface area contributed by atoms with Crippen molar-refractivity contribution >= 4 is 23.4 Å². The molecule has 0 bridgehead atoms. The Hall–Kier alpha value is -2.33. The van der Waals surface area contributed by atoms with Gasteiger partial charge in [0.15, 0.2) is 0 Å². The highest BCUT2D eigenvalue weighted by molar-refractivity contribution is 6.30. The largest absolute Gasteiger partial charge is 0.348 e. The fourth-order valence-corrected chi connectivity index (χ4v) is 2.74. The van der Waals surface area contributed by atoms with Crippen molar-refractivity contribution in [1.29, 1.82) is 0 Å². The first kappa shape index (κ1) is 15.6. The summed E-state index contributed by atoms with van der Waals surface area (Å²) in [6.07, 6.45) is 0.824. The van der Waals surface area contributed by atoms with E-state index < -0.39 is 0 Å². The Balaban J connectivity index is 1.73. The summed E-state index contributed by atoms with van der Waals surface area (Å²) in [7, 11) is 1.78. The van der Waals surface area contributed by atoms with Gasteiger partial charge in [0.25, 0.3) is 11.8 Å². The van der Waals surface area contributed by atoms with Crippen molar-refractivity contribution in [2.24, 2.45) is 0 Å². The molecular weight excluding hydrogens is 312 g/mol. The van der Waals surface area contributed by atoms with Crippen molar-refractivity contribution in [3.63, 3.8) is 0 Å². The number of nitrogens with one attached hydrogen (secondary N) is 1. The quantitative estimate of drug-likeness (QED) is 0.941. The molecule has 2 aromatic carbocycles. The minimum absolute atomic E-state index is 0.0291. The lowest BCUT2D eigenvalue weighted by Gasteiger charge is -2.25. The SMILES string of the molecule is CN1CCc2ccc(C(=O)NCc3ccc(Cl)cc3)cc2C1=O. The number of carbonyl (C=O) groups excluding carboxylic acids is 2. The van der Waals surface area contributed by atoms with Crippen LogP contribution in [0.4, 0.5) is 0 Å². The molecule has 4 nitrogen and oxygen atoms in total. The van der Waals surface area contributed by atoms with Crippen molar-refractivity contribution in [3.8, 4) is 0 Å². The van der Waals surface area contributed by atoms with Gasteiger partial charge in [0.1, 0.15) is 0 Å². The number of nitrogens with zero attached hydrogens (tertiary/aromatic N) is 1. The molecule has 0 aromatic heterocycles. The number of carbonyl (C=O) groups is 2. The van der Waals surface area contributed by atoms with Crippen molar-refractivity contribution < 1.29 is 9.59 Å². The van der Waals surface area contributed by atoms with Gasteiger partial charge in [-0.15, -0.1) is 0 Å². The maximum Gasteiger partial charge on any atom is 0.253 e. The fraction of sp³-hybridized carbons (Fsp3) is 0.222. The van der Waals surface area contributed by atoms with Crippen LogP contribution in [0.1, 0.15) is 31.8 Å². The Labute approximate surface area is 140 Å². The first-order chi connectivity index (χ1) is 11.0. The van der Waals surface area contributed by atoms with E-state index in [-0.39, 0.29) is 11.8 Å². The lowest BCUT2D eigenvalue weighted by molar-refractivity contribution is 0.0781. The molecule has 118 valence electrons. The molecule has 0 atom stereocenters. The Morgan fingerprint density at radius 3 is 2.70 bits per heavy atom. The highest BCUT2D eigenvalue weighted by Gasteiger charge is 2.22. The predicted octanol–water partition coefficient (Wildman–Crippen LogP) is 2.90. The number of amides is 2. The van der Waals surface area contributed by atoms with Gasteiger partial charge in [0, 0.05) is 36.3 Å². The Kier molecular flexibility index (Phi) is 4.35. The van der Waals surface area contributed by atoms with E-state index in [4.69, 9.17) is 11.6 Å². The van der Waals surface area contributed by atoms with Crippen LogP contribution >= 0.6 is 11.6 Å². The van der Waals surface area contributed by atoms with Gasteiger partial charge in [-0.1, -0.05) is 29.8 Å². The molecule has 0 unspecified atom stereocenters. The van der Waals surface area contributed by atoms with E-state index in [1.807, 2.05) is 18.2 Å². The molecule has 1 heterocycles. The van der Waals surface area contributed by atoms with E-state index in [0.29, 0.717) is 29.2 Å². The van der Waals surface area contributed by atoms with Gasteiger partial charge in [-0.05, 0) is 41.8 Å². The van der Waals surface area contributed by atoms with Crippen LogP contribution in [0.15, 0.2) is 42.5 Å². The minimum Gasteiger partial charge on any atom is -0.348 e. The average molecular weight is 329 g/mol. The lowest BCUT2D eigenvalue weighted by Crippen LogP contribution is -2.34. The molecule has 0 saturated carbocycles. The first-order valence-electron chi connectivity index (χ1n) is 7.45. The van der Waals surface area contributed by atoms with Crippen LogP contribution in [0.25, 0.3) is 0 Å². The second-order valence-electron chi connectivity index (χ2n) is 5.66. The average Bonchev–Trinajstić information content (AvgIpc) is 2.57. The lowest BCUT2D eigenvalue weighted by atomic mass is 9.97. The Morgan fingerprint density at radius 1 is 1.22 bits per heavy atom. The van der Waals surface area contributed by atoms with Gasteiger partial charge in [-0.25, -0.2) is 0 Å². The fourth-order valence-electron chi connectivity index (χ4n) is 2.62. The molecule has 0 aliphatic carbocycles. The molecule has 0 saturated heterocycles. The molecule has 0 radical (unpaired) electrons. The summed E-state index contributed by atoms with van der Waals surface area (Å²) in [4.78, 5) is 26.2. The van der Waals surface area contributed by atoms with Crippen LogP contribution < -0.4 is 5.32 Å². The topological polar surface area (TPSA) is 49.4 Å². The third kappa shape index (κ3) is 3.37. The zero-order valence-electron chi connectivity index (χ0n) is 12.8. The normalized spacial score (nSPS) is 13.7. The van der Waals surface area contributed by atoms with Crippen LogP contribution in [-0.2, 0) is 13.0 Å². The van der Waals surface area contributed by atoms with Crippen LogP contribution in [-0.4, -0.2) is 30.3 Å². The Morgan fingerprint density at radius 2 is 1.96 bits per heavy atom. The molecule has 3 rings (SSSR count). The second-order valence-corrected chi connectivity index (χ2v) is 6.09. The van der Waals surface area contributed by atoms with Crippen LogP contribution in [0, 0.1) is 0 Å². The molecule has 23 heavy (non-hydrogen) atoms. The minimum atomic E-state index is -0.191. The zero-order chi connectivity index (χ0) is 16.4. The van der Waals surface area contributed by atoms with Gasteiger partial charge in [-0.3, -0.25) is 9.59 Å². The molecule has 1 aliphatic rings. The van der Waals surface area contributed by atoms with Crippen molar-refractivity contribution in [2.75, 3.05) is 13.6 Å². The number of benzene rings is 2. The van der Waals surface area contributed by atoms with E-state index in [2.05, 4.69) is 5.32 Å². The van der Waals surface area contributed by atoms with E-state index >= 15 is 0 Å². The number of halogens is 1. The third-order valence-electron chi connectivity index (χ3n) is 4.03. The number of rotatable bonds is 3. The summed E-state index contributed by atoms with van der Waals surface area (Å²) in [6.45, 7) is 1.13. The summed E-state index contributed by atoms with van der Waals surface area (Å²) in [5, 5.41) is 3.52. The van der Waals surface area contributed by atoms with Crippen molar-refractivity contribution in [1.82, 2.24) is 10.2 Å². The van der Waals surface area contributed by atoms with Crippen LogP contribution in [0.2, 0.25) is 5.02 Å². The number of hydrogen-bond acceptors (Lipinski definition) is 2. The summed E-state index contributed by atoms with van der Waals surface area (Å²) < 4.78 is 0. The highest BCUT2D eigenvalue weighted by atomic mass is 35.5. The molecule has 1 aliphatic heterocycles. The Bertz CT molecular complexity index is 756. The van der Waals surface area contributed by atoms with Gasteiger partial charge >= 0.3 is 0 Å². The third-order valence-corrected chi connectivity index (χ3v) is 4.28. The van der Waals surface area contributed by atoms with Gasteiger partial charge < -0.3 is 10.2 Å². The van der Waals surface area contributed by atoms with Crippen LogP contribution in [0.3, 0.4) is 0 Å². The summed E-state index contributed by atoms with van der Waals surface area (Å²) in [5.74, 6) is -0.220. The van der Waals surface area contributed by atoms with Crippen molar-refractivity contribution in [3.05, 3.63) is 69.7 Å². The summed E-state index contributed by atoms with van der Waals surface area (Å²) in [5.41, 5.74) is 3.10. The predicted molar refractivity (Wildman–Crippen MR) is 89.7 cm³/mol. The number of fused-ring (bicyclic) bond motifs is 1. The number of likely N-dealkylation sites (N-methyl/N-ethyl adjacent to an activating group) is 1. The standard InChI is InChI=1S/C18H17ClN2O2/c1-21-9-8-13-4-5-14(10-16(13)18(21)23)17(22)20-11-12-2-6-15(19)7-3-12/h2-7,10H,8-9,11H2,1H3,(H,20,22). The summed E-state index contributed by atoms with van der Waals surface area (Å²) in [6, 6.07) is 12.6. The molecule has 0 fully saturated rings. The van der Waals surface area contributed by atoms with E-state index in [9.17, 15) is 9.59 Å². The van der Waals surface area contributed by atoms with E-state index in [1.165, 1.54) is 0 Å². The maximum absolute atomic E-state index is 12.3. The van der Waals surface area contributed by atoms with E-state index in [1.54, 1.807) is 36.2 Å². The molecule has 1 N–H and O–H groups in total. The summed E-state index contributed by atoms with van der Waals surface area (Å²) >= 11 is 5.84. The molecular formula is C18H17ClN2O2. The van der Waals surface area contributed by atoms with Gasteiger partial charge in [0.05, 0.1) is 0 Å². The molecule has 0 spiro atoms. The first-order valence-corrected chi connectivity index (χ1v) is 7.83. The number of hydrogen-bond donors (Lipinski definition) is 1. The van der Waals surface area contributed by atoms with Crippen LogP contribution in [0.5, 0.6) is 0 Å². The monoisotopic (exact) mass is 328 g/mol. The van der Waals surface area contributed by atoms with Crippen molar-refractivity contribution in [2.45, 2.75) is 13.0 Å². The smallest absolute Gasteiger partial charge is 0.253 e. The molecule has 2 amide bonds. The van der Waals surface area contributed by atoms with Gasteiger partial charge in [0.2, 0.25) is 0 Å².